The van der Waals surface area contributed by atoms with Crippen molar-refractivity contribution in [3.05, 3.63) is 11.7 Å². The van der Waals surface area contributed by atoms with Crippen LogP contribution in [0.3, 0.4) is 0 Å². The standard InChI is InChI=1S/C15H27N3O3/c1-14(2)5-7-15(20-4,8-6-14)13-17-12(21-18-13)11-16-9-10-19-3/h16H,5-11H2,1-4H3. The number of ether oxygens (including phenoxy) is 2. The normalized spacial score (nSPS) is 20.6. The van der Waals surface area contributed by atoms with E-state index >= 15 is 0 Å². The molecule has 1 N–H and O–H groups in total. The first-order valence-electron chi connectivity index (χ1n) is 7.59. The molecule has 0 spiro atoms. The predicted octanol–water partition coefficient (Wildman–Crippen LogP) is 2.25. The van der Waals surface area contributed by atoms with Gasteiger partial charge in [0.1, 0.15) is 5.60 Å². The maximum absolute atomic E-state index is 5.79. The van der Waals surface area contributed by atoms with E-state index in [9.17, 15) is 0 Å². The summed E-state index contributed by atoms with van der Waals surface area (Å²) >= 11 is 0. The van der Waals surface area contributed by atoms with Crippen LogP contribution in [0.15, 0.2) is 4.52 Å². The Hall–Kier alpha value is -0.980. The first-order chi connectivity index (χ1) is 10.0. The average Bonchev–Trinajstić information content (AvgIpc) is 2.94. The molecule has 6 nitrogen and oxygen atoms in total. The lowest BCUT2D eigenvalue weighted by atomic mass is 9.70. The number of aromatic nitrogens is 2. The van der Waals surface area contributed by atoms with Gasteiger partial charge >= 0.3 is 0 Å². The molecule has 1 aromatic heterocycles. The van der Waals surface area contributed by atoms with Gasteiger partial charge in [0.2, 0.25) is 11.7 Å². The van der Waals surface area contributed by atoms with E-state index in [2.05, 4.69) is 29.3 Å². The lowest BCUT2D eigenvalue weighted by Crippen LogP contribution is -2.37. The van der Waals surface area contributed by atoms with Crippen LogP contribution in [-0.2, 0) is 21.6 Å². The van der Waals surface area contributed by atoms with Crippen molar-refractivity contribution in [3.8, 4) is 0 Å². The van der Waals surface area contributed by atoms with Gasteiger partial charge in [0.25, 0.3) is 0 Å². The molecule has 0 unspecified atom stereocenters. The van der Waals surface area contributed by atoms with E-state index in [0.717, 1.165) is 32.2 Å². The molecule has 0 aliphatic heterocycles. The van der Waals surface area contributed by atoms with Gasteiger partial charge in [0, 0.05) is 20.8 Å². The molecule has 0 atom stereocenters. The summed E-state index contributed by atoms with van der Waals surface area (Å²) in [5.74, 6) is 1.28. The third-order valence-corrected chi connectivity index (χ3v) is 4.44. The molecule has 0 saturated heterocycles. The molecule has 1 heterocycles. The van der Waals surface area contributed by atoms with E-state index in [0.29, 0.717) is 30.3 Å². The number of rotatable bonds is 7. The quantitative estimate of drug-likeness (QED) is 0.778. The molecular weight excluding hydrogens is 270 g/mol. The zero-order chi connectivity index (χ0) is 15.3. The SMILES string of the molecule is COCCNCc1nc(C2(OC)CCC(C)(C)CC2)no1. The van der Waals surface area contributed by atoms with E-state index in [1.54, 1.807) is 14.2 Å². The first-order valence-corrected chi connectivity index (χ1v) is 7.59. The van der Waals surface area contributed by atoms with Crippen LogP contribution in [0.5, 0.6) is 0 Å². The molecule has 1 aliphatic carbocycles. The van der Waals surface area contributed by atoms with Gasteiger partial charge in [-0.25, -0.2) is 0 Å². The molecule has 1 aromatic rings. The van der Waals surface area contributed by atoms with E-state index < -0.39 is 0 Å². The molecule has 1 fully saturated rings. The fourth-order valence-electron chi connectivity index (χ4n) is 2.73. The van der Waals surface area contributed by atoms with Gasteiger partial charge in [-0.3, -0.25) is 0 Å². The fraction of sp³-hybridized carbons (Fsp3) is 0.867. The van der Waals surface area contributed by atoms with Gasteiger partial charge in [-0.2, -0.15) is 4.98 Å². The van der Waals surface area contributed by atoms with Gasteiger partial charge in [-0.05, 0) is 31.1 Å². The van der Waals surface area contributed by atoms with Crippen molar-refractivity contribution < 1.29 is 14.0 Å². The largest absolute Gasteiger partial charge is 0.383 e. The highest BCUT2D eigenvalue weighted by Crippen LogP contribution is 2.46. The summed E-state index contributed by atoms with van der Waals surface area (Å²) in [7, 11) is 3.42. The number of hydrogen-bond donors (Lipinski definition) is 1. The Labute approximate surface area is 126 Å². The Kier molecular flexibility index (Phi) is 5.35. The minimum atomic E-state index is -0.385. The lowest BCUT2D eigenvalue weighted by molar-refractivity contribution is -0.0740. The van der Waals surface area contributed by atoms with Crippen molar-refractivity contribution in [1.82, 2.24) is 15.5 Å². The Morgan fingerprint density at radius 3 is 2.52 bits per heavy atom. The summed E-state index contributed by atoms with van der Waals surface area (Å²) in [6.45, 7) is 6.58. The van der Waals surface area contributed by atoms with Crippen molar-refractivity contribution in [1.29, 1.82) is 0 Å². The molecule has 0 radical (unpaired) electrons. The van der Waals surface area contributed by atoms with Crippen molar-refractivity contribution in [2.45, 2.75) is 51.7 Å². The minimum absolute atomic E-state index is 0.371. The highest BCUT2D eigenvalue weighted by molar-refractivity contribution is 5.05. The molecule has 0 aromatic carbocycles. The molecule has 0 bridgehead atoms. The summed E-state index contributed by atoms with van der Waals surface area (Å²) in [6.07, 6.45) is 4.09. The maximum atomic E-state index is 5.79. The van der Waals surface area contributed by atoms with E-state index in [1.165, 1.54) is 0 Å². The smallest absolute Gasteiger partial charge is 0.240 e. The van der Waals surface area contributed by atoms with Gasteiger partial charge in [-0.15, -0.1) is 0 Å². The van der Waals surface area contributed by atoms with Gasteiger partial charge < -0.3 is 19.3 Å². The molecule has 21 heavy (non-hydrogen) atoms. The zero-order valence-electron chi connectivity index (χ0n) is 13.6. The van der Waals surface area contributed by atoms with Crippen molar-refractivity contribution >= 4 is 0 Å². The number of nitrogens with zero attached hydrogens (tertiary/aromatic N) is 2. The molecule has 2 rings (SSSR count). The van der Waals surface area contributed by atoms with Crippen LogP contribution in [0.2, 0.25) is 0 Å². The van der Waals surface area contributed by atoms with Crippen LogP contribution in [-0.4, -0.2) is 37.5 Å². The number of hydrogen-bond acceptors (Lipinski definition) is 6. The fourth-order valence-corrected chi connectivity index (χ4v) is 2.73. The van der Waals surface area contributed by atoms with E-state index in [4.69, 9.17) is 14.0 Å². The molecule has 6 heteroatoms. The summed E-state index contributed by atoms with van der Waals surface area (Å²) < 4.78 is 16.1. The third-order valence-electron chi connectivity index (χ3n) is 4.44. The topological polar surface area (TPSA) is 69.4 Å². The van der Waals surface area contributed by atoms with Crippen LogP contribution in [0.4, 0.5) is 0 Å². The summed E-state index contributed by atoms with van der Waals surface area (Å²) in [6, 6.07) is 0. The van der Waals surface area contributed by atoms with Crippen molar-refractivity contribution in [2.75, 3.05) is 27.4 Å². The molecular formula is C15H27N3O3. The second kappa shape index (κ2) is 6.85. The Morgan fingerprint density at radius 1 is 1.19 bits per heavy atom. The van der Waals surface area contributed by atoms with Crippen LogP contribution < -0.4 is 5.32 Å². The average molecular weight is 297 g/mol. The second-order valence-corrected chi connectivity index (χ2v) is 6.54. The third kappa shape index (κ3) is 4.02. The highest BCUT2D eigenvalue weighted by Gasteiger charge is 2.43. The Morgan fingerprint density at radius 2 is 1.90 bits per heavy atom. The highest BCUT2D eigenvalue weighted by atomic mass is 16.5. The number of methoxy groups -OCH3 is 2. The van der Waals surface area contributed by atoms with Gasteiger partial charge in [-0.1, -0.05) is 19.0 Å². The maximum Gasteiger partial charge on any atom is 0.240 e. The minimum Gasteiger partial charge on any atom is -0.383 e. The molecule has 1 saturated carbocycles. The van der Waals surface area contributed by atoms with Gasteiger partial charge in [0.05, 0.1) is 13.2 Å². The predicted molar refractivity (Wildman–Crippen MR) is 78.8 cm³/mol. The van der Waals surface area contributed by atoms with Crippen molar-refractivity contribution in [3.63, 3.8) is 0 Å². The monoisotopic (exact) mass is 297 g/mol. The van der Waals surface area contributed by atoms with E-state index in [1.807, 2.05) is 0 Å². The summed E-state index contributed by atoms with van der Waals surface area (Å²) in [5, 5.41) is 7.35. The Bertz CT molecular complexity index is 435. The molecule has 120 valence electrons. The summed E-state index contributed by atoms with van der Waals surface area (Å²) in [4.78, 5) is 4.52. The lowest BCUT2D eigenvalue weighted by Gasteiger charge is -2.40. The van der Waals surface area contributed by atoms with Gasteiger partial charge in [0.15, 0.2) is 0 Å². The van der Waals surface area contributed by atoms with Crippen LogP contribution in [0.25, 0.3) is 0 Å². The Balaban J connectivity index is 1.98. The van der Waals surface area contributed by atoms with Crippen LogP contribution >= 0.6 is 0 Å². The zero-order valence-corrected chi connectivity index (χ0v) is 13.6. The van der Waals surface area contributed by atoms with Crippen LogP contribution in [0.1, 0.15) is 51.2 Å². The second-order valence-electron chi connectivity index (χ2n) is 6.54. The molecule has 1 aliphatic rings. The van der Waals surface area contributed by atoms with Crippen LogP contribution in [0, 0.1) is 5.41 Å². The van der Waals surface area contributed by atoms with Crippen molar-refractivity contribution in [2.24, 2.45) is 5.41 Å². The van der Waals surface area contributed by atoms with E-state index in [-0.39, 0.29) is 5.60 Å². The summed E-state index contributed by atoms with van der Waals surface area (Å²) in [5.41, 5.74) is -0.0138. The first kappa shape index (κ1) is 16.4. The number of nitrogens with one attached hydrogen (secondary N) is 1. The molecule has 0 amide bonds.